The third-order valence-corrected chi connectivity index (χ3v) is 7.24. The van der Waals surface area contributed by atoms with E-state index in [-0.39, 0.29) is 20.5 Å². The van der Waals surface area contributed by atoms with Crippen molar-refractivity contribution in [2.75, 3.05) is 0 Å². The van der Waals surface area contributed by atoms with E-state index < -0.39 is 39.9 Å². The highest BCUT2D eigenvalue weighted by Crippen LogP contribution is 2.40. The van der Waals surface area contributed by atoms with Crippen LogP contribution in [0.15, 0.2) is 70.0 Å². The summed E-state index contributed by atoms with van der Waals surface area (Å²) in [7, 11) is 0. The van der Waals surface area contributed by atoms with Crippen LogP contribution in [0.2, 0.25) is 5.02 Å². The zero-order valence-electron chi connectivity index (χ0n) is 19.0. The van der Waals surface area contributed by atoms with Crippen molar-refractivity contribution in [1.82, 2.24) is 10.4 Å². The van der Waals surface area contributed by atoms with Gasteiger partial charge in [-0.05, 0) is 88.3 Å². The van der Waals surface area contributed by atoms with Gasteiger partial charge in [0, 0.05) is 16.7 Å². The van der Waals surface area contributed by atoms with Crippen molar-refractivity contribution in [1.29, 1.82) is 0 Å². The number of amides is 2. The van der Waals surface area contributed by atoms with E-state index in [2.05, 4.69) is 21.4 Å². The predicted molar refractivity (Wildman–Crippen MR) is 146 cm³/mol. The summed E-state index contributed by atoms with van der Waals surface area (Å²) in [5, 5.41) is 12.7. The minimum Gasteiger partial charge on any atom is -0.449 e. The normalized spacial score (nSPS) is 14.6. The summed E-state index contributed by atoms with van der Waals surface area (Å²) in [6.07, 6.45) is -3.26. The van der Waals surface area contributed by atoms with Crippen molar-refractivity contribution in [3.8, 4) is 11.5 Å². The lowest BCUT2D eigenvalue weighted by molar-refractivity contribution is -0.385. The maximum atomic E-state index is 13.0. The summed E-state index contributed by atoms with van der Waals surface area (Å²) in [5.74, 6) is -1.44. The fraction of sp³-hybridized carbons (Fsp3) is 0.0417. The molecule has 4 rings (SSSR count). The first-order valence-corrected chi connectivity index (χ1v) is 12.9. The Hall–Kier alpha value is -3.46. The van der Waals surface area contributed by atoms with Crippen LogP contribution in [0.1, 0.15) is 21.5 Å². The van der Waals surface area contributed by atoms with Gasteiger partial charge in [-0.1, -0.05) is 29.4 Å². The highest BCUT2D eigenvalue weighted by Gasteiger charge is 2.35. The number of alkyl halides is 3. The summed E-state index contributed by atoms with van der Waals surface area (Å²) < 4.78 is 44.8. The highest BCUT2D eigenvalue weighted by atomic mass is 79.9. The number of hydrazine groups is 1. The molecule has 0 aliphatic carbocycles. The topological polar surface area (TPSA) is 102 Å². The van der Waals surface area contributed by atoms with Gasteiger partial charge in [-0.2, -0.15) is 18.2 Å². The van der Waals surface area contributed by atoms with Gasteiger partial charge < -0.3 is 4.74 Å². The molecular formula is C24H12BrClF3N3O5S2. The number of nitrogens with zero attached hydrogens (tertiary/aromatic N) is 2. The molecular weight excluding hydrogens is 647 g/mol. The quantitative estimate of drug-likeness (QED) is 0.128. The summed E-state index contributed by atoms with van der Waals surface area (Å²) in [4.78, 5) is 35.9. The molecule has 1 aliphatic heterocycles. The minimum atomic E-state index is -4.76. The van der Waals surface area contributed by atoms with Gasteiger partial charge in [-0.3, -0.25) is 25.1 Å². The van der Waals surface area contributed by atoms with Crippen LogP contribution in [0, 0.1) is 10.1 Å². The number of halogens is 5. The Labute approximate surface area is 241 Å². The van der Waals surface area contributed by atoms with Gasteiger partial charge in [0.25, 0.3) is 11.8 Å². The van der Waals surface area contributed by atoms with Crippen LogP contribution >= 0.6 is 51.5 Å². The molecule has 0 saturated carbocycles. The third-order valence-electron chi connectivity index (χ3n) is 5.07. The third kappa shape index (κ3) is 6.58. The predicted octanol–water partition coefficient (Wildman–Crippen LogP) is 7.37. The Morgan fingerprint density at radius 2 is 1.79 bits per heavy atom. The van der Waals surface area contributed by atoms with Crippen LogP contribution < -0.4 is 10.2 Å². The number of thioether (sulfide) groups is 1. The molecule has 0 bridgehead atoms. The molecule has 0 spiro atoms. The Morgan fingerprint density at radius 3 is 2.41 bits per heavy atom. The second-order valence-corrected chi connectivity index (χ2v) is 10.7. The summed E-state index contributed by atoms with van der Waals surface area (Å²) in [5.41, 5.74) is 1.18. The van der Waals surface area contributed by atoms with Gasteiger partial charge in [0.15, 0.2) is 4.32 Å². The van der Waals surface area contributed by atoms with Crippen LogP contribution in [0.4, 0.5) is 18.9 Å². The zero-order valence-corrected chi connectivity index (χ0v) is 23.0. The van der Waals surface area contributed by atoms with E-state index in [1.165, 1.54) is 48.5 Å². The molecule has 1 saturated heterocycles. The number of nitrogens with one attached hydrogen (secondary N) is 1. The molecule has 15 heteroatoms. The lowest BCUT2D eigenvalue weighted by atomic mass is 10.1. The molecule has 200 valence electrons. The fourth-order valence-corrected chi connectivity index (χ4v) is 5.00. The molecule has 0 atom stereocenters. The van der Waals surface area contributed by atoms with Crippen molar-refractivity contribution < 1.29 is 32.4 Å². The number of nitro groups is 1. The Kier molecular flexibility index (Phi) is 8.30. The van der Waals surface area contributed by atoms with Crippen molar-refractivity contribution in [2.24, 2.45) is 0 Å². The standard InChI is InChI=1S/C24H12BrClF3N3O5S2/c25-16-9-12(1-7-18(16)37-19-8-4-14(24(27,28)29)11-17(19)32(35)36)10-20-22(34)31(23(38)39-20)30-21(33)13-2-5-15(26)6-3-13/h1-11H,(H,30,33)/b20-10+. The van der Waals surface area contributed by atoms with Gasteiger partial charge >= 0.3 is 11.9 Å². The van der Waals surface area contributed by atoms with Crippen LogP contribution in [-0.2, 0) is 11.0 Å². The molecule has 1 heterocycles. The average molecular weight is 659 g/mol. The first kappa shape index (κ1) is 28.5. The van der Waals surface area contributed by atoms with Crippen LogP contribution in [0.25, 0.3) is 6.08 Å². The number of thiocarbonyl (C=S) groups is 1. The second kappa shape index (κ2) is 11.3. The van der Waals surface area contributed by atoms with Gasteiger partial charge in [0.2, 0.25) is 5.75 Å². The Morgan fingerprint density at radius 1 is 1.13 bits per heavy atom. The molecule has 0 aromatic heterocycles. The first-order valence-electron chi connectivity index (χ1n) is 10.5. The molecule has 3 aromatic carbocycles. The molecule has 0 radical (unpaired) electrons. The van der Waals surface area contributed by atoms with Gasteiger partial charge in [-0.15, -0.1) is 0 Å². The van der Waals surface area contributed by atoms with E-state index >= 15 is 0 Å². The zero-order chi connectivity index (χ0) is 28.5. The van der Waals surface area contributed by atoms with Crippen molar-refractivity contribution in [2.45, 2.75) is 6.18 Å². The van der Waals surface area contributed by atoms with Gasteiger partial charge in [0.1, 0.15) is 5.75 Å². The number of rotatable bonds is 6. The van der Waals surface area contributed by atoms with Crippen LogP contribution in [-0.4, -0.2) is 26.1 Å². The van der Waals surface area contributed by atoms with Gasteiger partial charge in [-0.25, -0.2) is 0 Å². The number of carbonyl (C=O) groups excluding carboxylic acids is 2. The number of hydrogen-bond donors (Lipinski definition) is 1. The number of benzene rings is 3. The first-order chi connectivity index (χ1) is 18.3. The number of carbonyl (C=O) groups is 2. The molecule has 0 unspecified atom stereocenters. The maximum absolute atomic E-state index is 13.0. The van der Waals surface area contributed by atoms with E-state index in [0.717, 1.165) is 22.8 Å². The minimum absolute atomic E-state index is 0.0813. The SMILES string of the molecule is O=C(NN1C(=O)/C(=C\c2ccc(Oc3ccc(C(F)(F)F)cc3[N+](=O)[O-])c(Br)c2)SC1=S)c1ccc(Cl)cc1. The molecule has 39 heavy (non-hydrogen) atoms. The average Bonchev–Trinajstić information content (AvgIpc) is 3.12. The number of nitro benzene ring substituents is 1. The monoisotopic (exact) mass is 657 g/mol. The lowest BCUT2D eigenvalue weighted by Gasteiger charge is -2.15. The van der Waals surface area contributed by atoms with Crippen molar-refractivity contribution in [3.63, 3.8) is 0 Å². The maximum Gasteiger partial charge on any atom is 0.416 e. The molecule has 8 nitrogen and oxygen atoms in total. The largest absolute Gasteiger partial charge is 0.449 e. The molecule has 1 fully saturated rings. The Bertz CT molecular complexity index is 1550. The van der Waals surface area contributed by atoms with Crippen molar-refractivity contribution in [3.05, 3.63) is 102 Å². The van der Waals surface area contributed by atoms with E-state index in [1.54, 1.807) is 0 Å². The van der Waals surface area contributed by atoms with Crippen LogP contribution in [0.3, 0.4) is 0 Å². The second-order valence-electron chi connectivity index (χ2n) is 7.69. The fourth-order valence-electron chi connectivity index (χ4n) is 3.21. The molecule has 2 amide bonds. The highest BCUT2D eigenvalue weighted by molar-refractivity contribution is 9.10. The smallest absolute Gasteiger partial charge is 0.416 e. The summed E-state index contributed by atoms with van der Waals surface area (Å²) in [6.45, 7) is 0. The van der Waals surface area contributed by atoms with Crippen molar-refractivity contribution >= 4 is 79.4 Å². The van der Waals surface area contributed by atoms with Crippen LogP contribution in [0.5, 0.6) is 11.5 Å². The molecule has 1 aliphatic rings. The van der Waals surface area contributed by atoms with E-state index in [9.17, 15) is 32.9 Å². The molecule has 1 N–H and O–H groups in total. The summed E-state index contributed by atoms with van der Waals surface area (Å²) >= 11 is 15.3. The summed E-state index contributed by atoms with van der Waals surface area (Å²) in [6, 6.07) is 12.5. The van der Waals surface area contributed by atoms with E-state index in [0.29, 0.717) is 27.2 Å². The Balaban J connectivity index is 1.51. The van der Waals surface area contributed by atoms with Gasteiger partial charge in [0.05, 0.1) is 19.9 Å². The number of hydrogen-bond acceptors (Lipinski definition) is 7. The molecule has 3 aromatic rings. The number of ether oxygens (including phenoxy) is 1. The van der Waals surface area contributed by atoms with E-state index in [4.69, 9.17) is 28.6 Å². The van der Waals surface area contributed by atoms with E-state index in [1.807, 2.05) is 0 Å². The lowest BCUT2D eigenvalue weighted by Crippen LogP contribution is -2.44.